The van der Waals surface area contributed by atoms with Gasteiger partial charge in [0.05, 0.1) is 19.2 Å². The highest BCUT2D eigenvalue weighted by molar-refractivity contribution is 7.87. The third-order valence-corrected chi connectivity index (χ3v) is 7.95. The van der Waals surface area contributed by atoms with E-state index in [0.717, 1.165) is 12.8 Å². The first-order chi connectivity index (χ1) is 17.5. The Balaban J connectivity index is 0.00000153. The average Bonchev–Trinajstić information content (AvgIpc) is 2.85. The van der Waals surface area contributed by atoms with Crippen LogP contribution in [0.3, 0.4) is 0 Å². The van der Waals surface area contributed by atoms with E-state index < -0.39 is 22.2 Å². The first-order valence-corrected chi connectivity index (χ1v) is 13.7. The number of nitrogens with one attached hydrogen (secondary N) is 3. The van der Waals surface area contributed by atoms with Crippen LogP contribution in [-0.4, -0.2) is 82.1 Å². The summed E-state index contributed by atoms with van der Waals surface area (Å²) in [5, 5.41) is 12.5. The van der Waals surface area contributed by atoms with Crippen molar-refractivity contribution in [3.8, 4) is 11.5 Å². The number of carbonyl (C=O) groups is 3. The number of carboxylic acid groups (broad SMARTS) is 1. The van der Waals surface area contributed by atoms with Gasteiger partial charge in [-0.1, -0.05) is 13.8 Å². The van der Waals surface area contributed by atoms with Gasteiger partial charge in [0, 0.05) is 25.7 Å². The Morgan fingerprint density at radius 1 is 1.16 bits per heavy atom. The van der Waals surface area contributed by atoms with Gasteiger partial charge < -0.3 is 25.2 Å². The number of nitrogens with zero attached hydrogens (tertiary/aromatic N) is 1. The van der Waals surface area contributed by atoms with Crippen LogP contribution < -0.4 is 24.8 Å². The second-order valence-corrected chi connectivity index (χ2v) is 11.3. The molecule has 1 saturated heterocycles. The topological polar surface area (TPSA) is 163 Å². The molecule has 0 bridgehead atoms. The molecule has 0 aliphatic carbocycles. The summed E-state index contributed by atoms with van der Waals surface area (Å²) in [6.45, 7) is 5.54. The molecule has 2 aliphatic heterocycles. The number of fused-ring (bicyclic) bond motifs is 1. The summed E-state index contributed by atoms with van der Waals surface area (Å²) in [5.41, 5.74) is 0.500. The second kappa shape index (κ2) is 14.1. The lowest BCUT2D eigenvalue weighted by molar-refractivity contribution is -0.123. The molecule has 0 spiro atoms. The van der Waals surface area contributed by atoms with E-state index >= 15 is 0 Å². The monoisotopic (exact) mass is 542 g/mol. The number of methoxy groups -OCH3 is 1. The zero-order valence-electron chi connectivity index (χ0n) is 21.6. The number of benzene rings is 1. The number of carbonyl (C=O) groups excluding carboxylic acids is 2. The molecule has 1 aromatic carbocycles. The maximum Gasteiger partial charge on any atom is 0.290 e. The van der Waals surface area contributed by atoms with Crippen molar-refractivity contribution in [1.29, 1.82) is 0 Å². The smallest absolute Gasteiger partial charge is 0.290 e. The number of hydrogen-bond donors (Lipinski definition) is 4. The molecule has 12 nitrogen and oxygen atoms in total. The van der Waals surface area contributed by atoms with Crippen molar-refractivity contribution in [3.05, 3.63) is 23.8 Å². The summed E-state index contributed by atoms with van der Waals surface area (Å²) in [7, 11) is -2.27. The molecule has 13 heteroatoms. The maximum absolute atomic E-state index is 13.0. The number of amides is 2. The maximum atomic E-state index is 13.0. The van der Waals surface area contributed by atoms with Gasteiger partial charge in [-0.25, -0.2) is 0 Å². The van der Waals surface area contributed by atoms with Crippen LogP contribution in [0.2, 0.25) is 0 Å². The largest absolute Gasteiger partial charge is 0.497 e. The summed E-state index contributed by atoms with van der Waals surface area (Å²) in [6.07, 6.45) is 3.04. The Hall–Kier alpha value is -2.90. The van der Waals surface area contributed by atoms with Crippen molar-refractivity contribution < 1.29 is 37.4 Å². The summed E-state index contributed by atoms with van der Waals surface area (Å²) in [4.78, 5) is 33.8. The van der Waals surface area contributed by atoms with E-state index in [9.17, 15) is 18.0 Å². The lowest BCUT2D eigenvalue weighted by Crippen LogP contribution is -2.53. The third-order valence-electron chi connectivity index (χ3n) is 6.32. The molecule has 1 atom stereocenters. The molecule has 0 unspecified atom stereocenters. The van der Waals surface area contributed by atoms with Gasteiger partial charge in [0.2, 0.25) is 5.91 Å². The van der Waals surface area contributed by atoms with Crippen molar-refractivity contribution >= 4 is 28.5 Å². The van der Waals surface area contributed by atoms with E-state index in [4.69, 9.17) is 19.4 Å². The van der Waals surface area contributed by atoms with E-state index in [2.05, 4.69) is 29.2 Å². The molecule has 1 aromatic rings. The van der Waals surface area contributed by atoms with Gasteiger partial charge in [0.1, 0.15) is 24.1 Å². The normalized spacial score (nSPS) is 21.4. The Morgan fingerprint density at radius 2 is 1.84 bits per heavy atom. The fourth-order valence-corrected chi connectivity index (χ4v) is 5.39. The van der Waals surface area contributed by atoms with Crippen molar-refractivity contribution in [2.45, 2.75) is 52.0 Å². The molecule has 3 rings (SSSR count). The molecule has 0 saturated carbocycles. The number of ether oxygens (including phenoxy) is 2. The number of piperidine rings is 1. The molecule has 0 aromatic heterocycles. The van der Waals surface area contributed by atoms with Gasteiger partial charge in [-0.15, -0.1) is 0 Å². The minimum absolute atomic E-state index is 0.111. The number of rotatable bonds is 4. The van der Waals surface area contributed by atoms with Crippen LogP contribution in [0.5, 0.6) is 11.5 Å². The van der Waals surface area contributed by atoms with Gasteiger partial charge in [-0.05, 0) is 49.7 Å². The zero-order valence-corrected chi connectivity index (χ0v) is 22.4. The van der Waals surface area contributed by atoms with Gasteiger partial charge in [0.15, 0.2) is 0 Å². The SMILES string of the molecule is COc1ccc2c(c1)OCCNC(=O)[C@@H](NS(=O)(=O)N1CCC(C)(C)CC1)CCCCNC2=O.O=CO. The van der Waals surface area contributed by atoms with E-state index in [1.807, 2.05) is 0 Å². The predicted octanol–water partition coefficient (Wildman–Crippen LogP) is 1.13. The standard InChI is InChI=1S/C23H36N4O6S.CH2O2/c1-23(2)9-13-27(14-10-23)34(30,31)26-19-6-4-5-11-24-21(28)18-8-7-17(32-3)16-20(18)33-15-12-25-22(19)29;2-1-3/h7-8,16,19,26H,4-6,9-15H2,1-3H3,(H,24,28)(H,25,29);1H,(H,2,3)/t19-;/m0./s1. The highest BCUT2D eigenvalue weighted by Crippen LogP contribution is 2.30. The highest BCUT2D eigenvalue weighted by Gasteiger charge is 2.34. The minimum atomic E-state index is -3.79. The van der Waals surface area contributed by atoms with E-state index in [-0.39, 0.29) is 30.9 Å². The fraction of sp³-hybridized carbons (Fsp3) is 0.625. The van der Waals surface area contributed by atoms with Gasteiger partial charge in [0.25, 0.3) is 22.6 Å². The molecule has 1 fully saturated rings. The first-order valence-electron chi connectivity index (χ1n) is 12.2. The number of hydrogen-bond acceptors (Lipinski definition) is 7. The van der Waals surface area contributed by atoms with Crippen LogP contribution in [0.4, 0.5) is 0 Å². The molecular formula is C24H38N4O8S. The Labute approximate surface area is 218 Å². The average molecular weight is 543 g/mol. The van der Waals surface area contributed by atoms with Crippen LogP contribution in [0, 0.1) is 5.41 Å². The van der Waals surface area contributed by atoms with E-state index in [1.165, 1.54) is 11.4 Å². The molecule has 0 radical (unpaired) electrons. The molecule has 37 heavy (non-hydrogen) atoms. The van der Waals surface area contributed by atoms with Gasteiger partial charge in [-0.3, -0.25) is 14.4 Å². The Bertz CT molecular complexity index is 1020. The Morgan fingerprint density at radius 3 is 2.49 bits per heavy atom. The fourth-order valence-electron chi connectivity index (χ4n) is 4.00. The highest BCUT2D eigenvalue weighted by atomic mass is 32.2. The molecule has 2 heterocycles. The molecule has 4 N–H and O–H groups in total. The third kappa shape index (κ3) is 9.48. The van der Waals surface area contributed by atoms with Crippen LogP contribution in [0.25, 0.3) is 0 Å². The minimum Gasteiger partial charge on any atom is -0.497 e. The van der Waals surface area contributed by atoms with Crippen LogP contribution in [-0.2, 0) is 19.8 Å². The molecule has 208 valence electrons. The zero-order chi connectivity index (χ0) is 27.5. The predicted molar refractivity (Wildman–Crippen MR) is 137 cm³/mol. The van der Waals surface area contributed by atoms with Crippen LogP contribution in [0.1, 0.15) is 56.3 Å². The summed E-state index contributed by atoms with van der Waals surface area (Å²) in [5.74, 6) is 0.251. The lowest BCUT2D eigenvalue weighted by atomic mass is 9.83. The molecule has 2 amide bonds. The van der Waals surface area contributed by atoms with Crippen LogP contribution >= 0.6 is 0 Å². The van der Waals surface area contributed by atoms with E-state index in [0.29, 0.717) is 56.0 Å². The summed E-state index contributed by atoms with van der Waals surface area (Å²) < 4.78 is 40.9. The molecular weight excluding hydrogens is 504 g/mol. The van der Waals surface area contributed by atoms with Crippen molar-refractivity contribution in [2.24, 2.45) is 5.41 Å². The van der Waals surface area contributed by atoms with Gasteiger partial charge >= 0.3 is 0 Å². The van der Waals surface area contributed by atoms with Crippen LogP contribution in [0.15, 0.2) is 18.2 Å². The van der Waals surface area contributed by atoms with Crippen molar-refractivity contribution in [2.75, 3.05) is 39.9 Å². The van der Waals surface area contributed by atoms with Crippen molar-refractivity contribution in [3.63, 3.8) is 0 Å². The van der Waals surface area contributed by atoms with E-state index in [1.54, 1.807) is 18.2 Å². The lowest BCUT2D eigenvalue weighted by Gasteiger charge is -2.36. The van der Waals surface area contributed by atoms with Crippen molar-refractivity contribution in [1.82, 2.24) is 19.7 Å². The quantitative estimate of drug-likeness (QED) is 0.411. The summed E-state index contributed by atoms with van der Waals surface area (Å²) >= 11 is 0. The Kier molecular flexibility index (Phi) is 11.6. The second-order valence-electron chi connectivity index (χ2n) is 9.60. The van der Waals surface area contributed by atoms with Gasteiger partial charge in [-0.2, -0.15) is 17.4 Å². The summed E-state index contributed by atoms with van der Waals surface area (Å²) in [6, 6.07) is 4.05. The first kappa shape index (κ1) is 30.3. The molecule has 2 aliphatic rings.